The van der Waals surface area contributed by atoms with Crippen LogP contribution in [0.2, 0.25) is 0 Å². The van der Waals surface area contributed by atoms with Crippen molar-refractivity contribution in [1.82, 2.24) is 19.7 Å². The summed E-state index contributed by atoms with van der Waals surface area (Å²) in [5, 5.41) is 4.49. The molecule has 0 saturated heterocycles. The summed E-state index contributed by atoms with van der Waals surface area (Å²) in [6.45, 7) is 11.4. The van der Waals surface area contributed by atoms with E-state index in [1.807, 2.05) is 53.8 Å². The molecule has 1 aliphatic heterocycles. The van der Waals surface area contributed by atoms with Crippen LogP contribution < -0.4 is 0 Å². The van der Waals surface area contributed by atoms with Gasteiger partial charge in [0, 0.05) is 29.6 Å². The molecule has 0 saturated carbocycles. The third-order valence-corrected chi connectivity index (χ3v) is 5.02. The molecule has 0 aliphatic carbocycles. The number of benzene rings is 1. The molecule has 6 nitrogen and oxygen atoms in total. The molecule has 3 aromatic rings. The highest BCUT2D eigenvalue weighted by Crippen LogP contribution is 2.28. The number of hydrogen-bond acceptors (Lipinski definition) is 4. The highest BCUT2D eigenvalue weighted by molar-refractivity contribution is 5.94. The predicted molar refractivity (Wildman–Crippen MR) is 107 cm³/mol. The summed E-state index contributed by atoms with van der Waals surface area (Å²) in [7, 11) is 0. The molecule has 0 atom stereocenters. The van der Waals surface area contributed by atoms with Crippen molar-refractivity contribution in [3.05, 3.63) is 64.6 Å². The lowest BCUT2D eigenvalue weighted by Gasteiger charge is -2.25. The normalized spacial score (nSPS) is 14.2. The molecule has 1 aliphatic rings. The Balaban J connectivity index is 1.52. The van der Waals surface area contributed by atoms with Gasteiger partial charge in [-0.25, -0.2) is 9.67 Å². The zero-order valence-electron chi connectivity index (χ0n) is 17.1. The summed E-state index contributed by atoms with van der Waals surface area (Å²) in [5.74, 6) is 1.67. The number of carbonyl (C=O) groups excluding carboxylic acids is 1. The highest BCUT2D eigenvalue weighted by Gasteiger charge is 2.29. The lowest BCUT2D eigenvalue weighted by atomic mass is 9.97. The molecule has 146 valence electrons. The molecule has 28 heavy (non-hydrogen) atoms. The maximum Gasteiger partial charge on any atom is 0.254 e. The molecule has 6 heteroatoms. The van der Waals surface area contributed by atoms with Crippen LogP contribution in [0.25, 0.3) is 5.69 Å². The third-order valence-electron chi connectivity index (χ3n) is 5.02. The Bertz CT molecular complexity index is 1020. The van der Waals surface area contributed by atoms with Crippen LogP contribution in [0.5, 0.6) is 0 Å². The maximum absolute atomic E-state index is 13.0. The van der Waals surface area contributed by atoms with E-state index in [9.17, 15) is 4.79 Å². The number of aryl methyl sites for hydroxylation is 2. The Morgan fingerprint density at radius 1 is 1.14 bits per heavy atom. The van der Waals surface area contributed by atoms with Gasteiger partial charge in [-0.05, 0) is 44.2 Å². The number of carbonyl (C=O) groups is 1. The van der Waals surface area contributed by atoms with Crippen molar-refractivity contribution in [1.29, 1.82) is 0 Å². The minimum atomic E-state index is -0.134. The zero-order valence-corrected chi connectivity index (χ0v) is 17.1. The van der Waals surface area contributed by atoms with Gasteiger partial charge in [0.25, 0.3) is 5.91 Å². The number of fused-ring (bicyclic) bond motifs is 1. The predicted octanol–water partition coefficient (Wildman–Crippen LogP) is 3.97. The number of rotatable bonds is 2. The van der Waals surface area contributed by atoms with Crippen molar-refractivity contribution in [3.63, 3.8) is 0 Å². The lowest BCUT2D eigenvalue weighted by Crippen LogP contribution is -2.35. The Morgan fingerprint density at radius 2 is 1.86 bits per heavy atom. The molecule has 0 fully saturated rings. The Kier molecular flexibility index (Phi) is 4.37. The van der Waals surface area contributed by atoms with Gasteiger partial charge in [-0.2, -0.15) is 5.10 Å². The topological polar surface area (TPSA) is 64.2 Å². The van der Waals surface area contributed by atoms with Crippen molar-refractivity contribution < 1.29 is 9.21 Å². The van der Waals surface area contributed by atoms with E-state index in [1.165, 1.54) is 0 Å². The largest absolute Gasteiger partial charge is 0.445 e. The molecular formula is C22H26N4O2. The smallest absolute Gasteiger partial charge is 0.254 e. The van der Waals surface area contributed by atoms with Gasteiger partial charge >= 0.3 is 0 Å². The summed E-state index contributed by atoms with van der Waals surface area (Å²) < 4.78 is 7.81. The standard InChI is InChI=1S/C22H26N4O2/c1-14-12-15(2)26(24-14)17-8-6-16(7-9-17)20(27)25-11-10-19-18(13-25)23-21(28-19)22(3,4)5/h6-9,12H,10-11,13H2,1-5H3. The first kappa shape index (κ1) is 18.5. The van der Waals surface area contributed by atoms with Crippen LogP contribution in [-0.2, 0) is 18.4 Å². The second kappa shape index (κ2) is 6.62. The second-order valence-corrected chi connectivity index (χ2v) is 8.50. The number of nitrogens with zero attached hydrogens (tertiary/aromatic N) is 4. The van der Waals surface area contributed by atoms with Crippen LogP contribution in [0.4, 0.5) is 0 Å². The SMILES string of the molecule is Cc1cc(C)n(-c2ccc(C(=O)N3CCc4oc(C(C)(C)C)nc4C3)cc2)n1. The molecule has 0 bridgehead atoms. The summed E-state index contributed by atoms with van der Waals surface area (Å²) in [6, 6.07) is 9.65. The van der Waals surface area contributed by atoms with Gasteiger partial charge in [0.1, 0.15) is 11.5 Å². The molecule has 0 N–H and O–H groups in total. The first-order valence-electron chi connectivity index (χ1n) is 9.64. The Hall–Kier alpha value is -2.89. The summed E-state index contributed by atoms with van der Waals surface area (Å²) in [6.07, 6.45) is 0.702. The van der Waals surface area contributed by atoms with E-state index in [4.69, 9.17) is 4.42 Å². The van der Waals surface area contributed by atoms with Gasteiger partial charge in [-0.15, -0.1) is 0 Å². The monoisotopic (exact) mass is 378 g/mol. The van der Waals surface area contributed by atoms with Crippen LogP contribution in [0, 0.1) is 13.8 Å². The first-order valence-corrected chi connectivity index (χ1v) is 9.64. The van der Waals surface area contributed by atoms with Gasteiger partial charge in [-0.3, -0.25) is 4.79 Å². The van der Waals surface area contributed by atoms with E-state index in [1.54, 1.807) is 0 Å². The van der Waals surface area contributed by atoms with E-state index in [-0.39, 0.29) is 11.3 Å². The molecule has 4 rings (SSSR count). The molecule has 0 unspecified atom stereocenters. The van der Waals surface area contributed by atoms with Crippen LogP contribution in [0.15, 0.2) is 34.7 Å². The summed E-state index contributed by atoms with van der Waals surface area (Å²) in [4.78, 5) is 19.5. The summed E-state index contributed by atoms with van der Waals surface area (Å²) in [5.41, 5.74) is 4.42. The van der Waals surface area contributed by atoms with Crippen molar-refractivity contribution in [3.8, 4) is 5.69 Å². The van der Waals surface area contributed by atoms with Crippen LogP contribution >= 0.6 is 0 Å². The van der Waals surface area contributed by atoms with Crippen LogP contribution in [-0.4, -0.2) is 32.1 Å². The number of amides is 1. The van der Waals surface area contributed by atoms with Gasteiger partial charge in [0.05, 0.1) is 17.9 Å². The Morgan fingerprint density at radius 3 is 2.46 bits per heavy atom. The quantitative estimate of drug-likeness (QED) is 0.677. The van der Waals surface area contributed by atoms with E-state index in [0.717, 1.165) is 34.4 Å². The Labute approximate surface area is 165 Å². The second-order valence-electron chi connectivity index (χ2n) is 8.50. The zero-order chi connectivity index (χ0) is 20.1. The minimum absolute atomic E-state index is 0.0193. The molecule has 2 aromatic heterocycles. The summed E-state index contributed by atoms with van der Waals surface area (Å²) >= 11 is 0. The average molecular weight is 378 g/mol. The van der Waals surface area contributed by atoms with Crippen LogP contribution in [0.3, 0.4) is 0 Å². The molecule has 3 heterocycles. The molecule has 1 amide bonds. The fourth-order valence-electron chi connectivity index (χ4n) is 3.51. The van der Waals surface area contributed by atoms with Crippen molar-refractivity contribution in [2.45, 2.75) is 53.0 Å². The number of aromatic nitrogens is 3. The number of hydrogen-bond donors (Lipinski definition) is 0. The van der Waals surface area contributed by atoms with Crippen molar-refractivity contribution in [2.75, 3.05) is 6.54 Å². The highest BCUT2D eigenvalue weighted by atomic mass is 16.4. The average Bonchev–Trinajstić information content (AvgIpc) is 3.23. The van der Waals surface area contributed by atoms with Crippen molar-refractivity contribution >= 4 is 5.91 Å². The van der Waals surface area contributed by atoms with Gasteiger partial charge in [0.15, 0.2) is 5.89 Å². The fourth-order valence-corrected chi connectivity index (χ4v) is 3.51. The van der Waals surface area contributed by atoms with E-state index in [0.29, 0.717) is 25.1 Å². The fraction of sp³-hybridized carbons (Fsp3) is 0.409. The van der Waals surface area contributed by atoms with Gasteiger partial charge < -0.3 is 9.32 Å². The minimum Gasteiger partial charge on any atom is -0.445 e. The van der Waals surface area contributed by atoms with Crippen molar-refractivity contribution in [2.24, 2.45) is 0 Å². The van der Waals surface area contributed by atoms with Gasteiger partial charge in [0.2, 0.25) is 0 Å². The third kappa shape index (κ3) is 3.35. The van der Waals surface area contributed by atoms with E-state index < -0.39 is 0 Å². The maximum atomic E-state index is 13.0. The molecule has 0 spiro atoms. The molecule has 1 aromatic carbocycles. The molecular weight excluding hydrogens is 352 g/mol. The van der Waals surface area contributed by atoms with E-state index in [2.05, 4.69) is 30.9 Å². The lowest BCUT2D eigenvalue weighted by molar-refractivity contribution is 0.0727. The van der Waals surface area contributed by atoms with Crippen LogP contribution in [0.1, 0.15) is 59.9 Å². The van der Waals surface area contributed by atoms with E-state index >= 15 is 0 Å². The number of oxazole rings is 1. The first-order chi connectivity index (χ1) is 13.2. The van der Waals surface area contributed by atoms with Gasteiger partial charge in [-0.1, -0.05) is 20.8 Å². The molecule has 0 radical (unpaired) electrons.